The average molecular weight is 345 g/mol. The van der Waals surface area contributed by atoms with Crippen molar-refractivity contribution in [3.05, 3.63) is 54.7 Å². The lowest BCUT2D eigenvalue weighted by atomic mass is 9.91. The Morgan fingerprint density at radius 2 is 2.00 bits per heavy atom. The van der Waals surface area contributed by atoms with E-state index in [-0.39, 0.29) is 16.1 Å². The van der Waals surface area contributed by atoms with Crippen LogP contribution in [0.1, 0.15) is 18.7 Å². The summed E-state index contributed by atoms with van der Waals surface area (Å²) in [6.07, 6.45) is 0. The van der Waals surface area contributed by atoms with E-state index in [1.807, 2.05) is 11.4 Å². The Morgan fingerprint density at radius 3 is 2.57 bits per heavy atom. The summed E-state index contributed by atoms with van der Waals surface area (Å²) in [5.41, 5.74) is 0.152. The van der Waals surface area contributed by atoms with Crippen LogP contribution in [0.15, 0.2) is 29.6 Å². The van der Waals surface area contributed by atoms with Gasteiger partial charge in [0, 0.05) is 22.9 Å². The molecule has 0 unspecified atom stereocenters. The number of nitrogens with zero attached hydrogens (tertiary/aromatic N) is 1. The highest BCUT2D eigenvalue weighted by atomic mass is 35.5. The zero-order valence-electron chi connectivity index (χ0n) is 11.5. The molecule has 1 aromatic heterocycles. The molecule has 2 rings (SSSR count). The molecule has 0 bridgehead atoms. The number of rotatable bonds is 5. The van der Waals surface area contributed by atoms with Crippen LogP contribution in [-0.4, -0.2) is 11.5 Å². The first kappa shape index (κ1) is 16.1. The number of thiophene rings is 1. The second-order valence-electron chi connectivity index (χ2n) is 5.26. The van der Waals surface area contributed by atoms with Gasteiger partial charge in [-0.3, -0.25) is 10.1 Å². The maximum Gasteiger partial charge on any atom is 0.293 e. The third-order valence-corrected chi connectivity index (χ3v) is 5.10. The Hall–Kier alpha value is -1.30. The quantitative estimate of drug-likeness (QED) is 0.587. The zero-order valence-corrected chi connectivity index (χ0v) is 13.9. The van der Waals surface area contributed by atoms with Crippen molar-refractivity contribution in [3.63, 3.8) is 0 Å². The molecule has 0 aliphatic rings. The number of hydrogen-bond acceptors (Lipinski definition) is 4. The van der Waals surface area contributed by atoms with E-state index in [9.17, 15) is 10.1 Å². The lowest BCUT2D eigenvalue weighted by Gasteiger charge is -2.24. The van der Waals surface area contributed by atoms with Gasteiger partial charge in [0.15, 0.2) is 0 Å². The first-order valence-corrected chi connectivity index (χ1v) is 7.86. The van der Waals surface area contributed by atoms with Crippen molar-refractivity contribution in [1.29, 1.82) is 0 Å². The summed E-state index contributed by atoms with van der Waals surface area (Å²) in [5, 5.41) is 16.7. The molecule has 112 valence electrons. The smallest absolute Gasteiger partial charge is 0.293 e. The number of hydrogen-bond donors (Lipinski definition) is 1. The van der Waals surface area contributed by atoms with E-state index in [4.69, 9.17) is 23.2 Å². The molecule has 4 nitrogen and oxygen atoms in total. The molecule has 0 amide bonds. The molecule has 1 aromatic carbocycles. The molecular weight excluding hydrogens is 331 g/mol. The van der Waals surface area contributed by atoms with E-state index in [1.54, 1.807) is 11.3 Å². The molecule has 2 aromatic rings. The maximum atomic E-state index is 11.1. The number of nitrogens with one attached hydrogen (secondary N) is 1. The van der Waals surface area contributed by atoms with Gasteiger partial charge >= 0.3 is 0 Å². The van der Waals surface area contributed by atoms with Crippen LogP contribution in [0, 0.1) is 10.1 Å². The zero-order chi connectivity index (χ0) is 15.6. The van der Waals surface area contributed by atoms with E-state index in [2.05, 4.69) is 25.2 Å². The van der Waals surface area contributed by atoms with Crippen LogP contribution in [0.3, 0.4) is 0 Å². The van der Waals surface area contributed by atoms with Gasteiger partial charge in [-0.2, -0.15) is 0 Å². The Balaban J connectivity index is 2.24. The van der Waals surface area contributed by atoms with Gasteiger partial charge in [0.25, 0.3) is 5.69 Å². The van der Waals surface area contributed by atoms with Crippen LogP contribution in [0.25, 0.3) is 0 Å². The SMILES string of the molecule is CC(C)(CNc1cc(Cl)c(Cl)cc1[N+](=O)[O-])c1cccs1. The number of benzene rings is 1. The largest absolute Gasteiger partial charge is 0.379 e. The van der Waals surface area contributed by atoms with Crippen molar-refractivity contribution in [2.75, 3.05) is 11.9 Å². The Kier molecular flexibility index (Phi) is 4.76. The molecule has 0 saturated carbocycles. The van der Waals surface area contributed by atoms with Crippen molar-refractivity contribution in [2.45, 2.75) is 19.3 Å². The van der Waals surface area contributed by atoms with Gasteiger partial charge in [-0.05, 0) is 17.5 Å². The van der Waals surface area contributed by atoms with Gasteiger partial charge in [0.05, 0.1) is 15.0 Å². The lowest BCUT2D eigenvalue weighted by molar-refractivity contribution is -0.383. The minimum Gasteiger partial charge on any atom is -0.379 e. The average Bonchev–Trinajstić information content (AvgIpc) is 2.94. The van der Waals surface area contributed by atoms with Gasteiger partial charge < -0.3 is 5.32 Å². The van der Waals surface area contributed by atoms with Crippen molar-refractivity contribution >= 4 is 45.9 Å². The summed E-state index contributed by atoms with van der Waals surface area (Å²) in [4.78, 5) is 11.8. The predicted molar refractivity (Wildman–Crippen MR) is 89.0 cm³/mol. The van der Waals surface area contributed by atoms with Gasteiger partial charge in [0.1, 0.15) is 5.69 Å². The normalized spacial score (nSPS) is 11.4. The van der Waals surface area contributed by atoms with Crippen LogP contribution >= 0.6 is 34.5 Å². The molecule has 0 aliphatic heterocycles. The molecule has 0 spiro atoms. The van der Waals surface area contributed by atoms with Crippen LogP contribution in [-0.2, 0) is 5.41 Å². The van der Waals surface area contributed by atoms with Crippen molar-refractivity contribution in [2.24, 2.45) is 0 Å². The van der Waals surface area contributed by atoms with Crippen LogP contribution in [0.5, 0.6) is 0 Å². The number of halogens is 2. The minimum atomic E-state index is -0.470. The summed E-state index contributed by atoms with van der Waals surface area (Å²) in [7, 11) is 0. The van der Waals surface area contributed by atoms with Crippen LogP contribution in [0.2, 0.25) is 10.0 Å². The minimum absolute atomic E-state index is 0.0774. The Labute approximate surface area is 136 Å². The van der Waals surface area contributed by atoms with Gasteiger partial charge in [-0.15, -0.1) is 11.3 Å². The third-order valence-electron chi connectivity index (χ3n) is 3.14. The standard InChI is InChI=1S/C14H14Cl2N2O2S/c1-14(2,13-4-3-5-21-13)8-17-11-6-9(15)10(16)7-12(11)18(19)20/h3-7,17H,8H2,1-2H3. The molecule has 0 saturated heterocycles. The summed E-state index contributed by atoms with van der Waals surface area (Å²) in [6, 6.07) is 6.80. The molecule has 1 heterocycles. The Morgan fingerprint density at radius 1 is 1.33 bits per heavy atom. The van der Waals surface area contributed by atoms with Gasteiger partial charge in [-0.25, -0.2) is 0 Å². The molecule has 7 heteroatoms. The number of anilines is 1. The first-order chi connectivity index (χ1) is 9.81. The number of nitro benzene ring substituents is 1. The maximum absolute atomic E-state index is 11.1. The van der Waals surface area contributed by atoms with E-state index in [0.29, 0.717) is 17.3 Å². The van der Waals surface area contributed by atoms with E-state index >= 15 is 0 Å². The second kappa shape index (κ2) is 6.22. The monoisotopic (exact) mass is 344 g/mol. The summed E-state index contributed by atoms with van der Waals surface area (Å²) >= 11 is 13.4. The van der Waals surface area contributed by atoms with E-state index in [0.717, 1.165) is 0 Å². The lowest BCUT2D eigenvalue weighted by Crippen LogP contribution is -2.26. The van der Waals surface area contributed by atoms with Crippen LogP contribution < -0.4 is 5.32 Å². The second-order valence-corrected chi connectivity index (χ2v) is 7.02. The molecule has 0 radical (unpaired) electrons. The molecular formula is C14H14Cl2N2O2S. The molecule has 21 heavy (non-hydrogen) atoms. The van der Waals surface area contributed by atoms with Crippen molar-refractivity contribution < 1.29 is 4.92 Å². The molecule has 0 atom stereocenters. The van der Waals surface area contributed by atoms with Crippen molar-refractivity contribution in [3.8, 4) is 0 Å². The summed E-state index contributed by atoms with van der Waals surface area (Å²) in [5.74, 6) is 0. The number of nitro groups is 1. The predicted octanol–water partition coefficient (Wildman–Crippen LogP) is 5.35. The molecule has 0 fully saturated rings. The summed E-state index contributed by atoms with van der Waals surface area (Å²) in [6.45, 7) is 4.71. The topological polar surface area (TPSA) is 55.2 Å². The molecule has 0 aliphatic carbocycles. The fraction of sp³-hybridized carbons (Fsp3) is 0.286. The fourth-order valence-corrected chi connectivity index (χ4v) is 3.07. The van der Waals surface area contributed by atoms with Gasteiger partial charge in [0.2, 0.25) is 0 Å². The highest BCUT2D eigenvalue weighted by molar-refractivity contribution is 7.10. The first-order valence-electron chi connectivity index (χ1n) is 6.22. The third kappa shape index (κ3) is 3.67. The highest BCUT2D eigenvalue weighted by Crippen LogP contribution is 2.35. The highest BCUT2D eigenvalue weighted by Gasteiger charge is 2.24. The van der Waals surface area contributed by atoms with Crippen LogP contribution in [0.4, 0.5) is 11.4 Å². The Bertz CT molecular complexity index is 657. The van der Waals surface area contributed by atoms with E-state index in [1.165, 1.54) is 17.0 Å². The fourth-order valence-electron chi connectivity index (χ4n) is 1.90. The van der Waals surface area contributed by atoms with E-state index < -0.39 is 4.92 Å². The van der Waals surface area contributed by atoms with Gasteiger partial charge in [-0.1, -0.05) is 43.1 Å². The van der Waals surface area contributed by atoms with Crippen molar-refractivity contribution in [1.82, 2.24) is 0 Å². The molecule has 1 N–H and O–H groups in total. The summed E-state index contributed by atoms with van der Waals surface area (Å²) < 4.78 is 0.